The zero-order valence-electron chi connectivity index (χ0n) is 29.1. The van der Waals surface area contributed by atoms with Gasteiger partial charge in [-0.25, -0.2) is 4.79 Å². The number of nitrogens with zero attached hydrogens (tertiary/aromatic N) is 1. The highest BCUT2D eigenvalue weighted by Crippen LogP contribution is 2.36. The number of cyclic esters (lactones) is 1. The van der Waals surface area contributed by atoms with Crippen molar-refractivity contribution in [3.63, 3.8) is 0 Å². The maximum atomic E-state index is 12.8. The summed E-state index contributed by atoms with van der Waals surface area (Å²) in [6, 6.07) is 0. The molecule has 258 valence electrons. The van der Waals surface area contributed by atoms with Crippen molar-refractivity contribution in [1.29, 1.82) is 0 Å². The molecular weight excluding hydrogens is 576 g/mol. The minimum Gasteiger partial charge on any atom is -0.457 e. The maximum absolute atomic E-state index is 12.8. The van der Waals surface area contributed by atoms with Gasteiger partial charge in [-0.2, -0.15) is 0 Å². The average Bonchev–Trinajstić information content (AvgIpc) is 3.71. The van der Waals surface area contributed by atoms with Crippen LogP contribution in [0.3, 0.4) is 0 Å². The van der Waals surface area contributed by atoms with E-state index in [1.165, 1.54) is 0 Å². The molecule has 0 radical (unpaired) electrons. The fourth-order valence-electron chi connectivity index (χ4n) is 5.69. The van der Waals surface area contributed by atoms with E-state index in [0.717, 1.165) is 29.4 Å². The second kappa shape index (κ2) is 17.6. The summed E-state index contributed by atoms with van der Waals surface area (Å²) in [4.78, 5) is 25.4. The molecule has 0 unspecified atom stereocenters. The molecule has 1 amide bonds. The van der Waals surface area contributed by atoms with E-state index in [-0.39, 0.29) is 55.3 Å². The average molecular weight is 638 g/mol. The molecule has 2 aliphatic heterocycles. The molecule has 1 fully saturated rings. The van der Waals surface area contributed by atoms with Crippen molar-refractivity contribution in [2.24, 2.45) is 17.8 Å². The number of rotatable bonds is 13. The van der Waals surface area contributed by atoms with E-state index in [0.29, 0.717) is 13.0 Å². The number of ether oxygens (including phenoxy) is 3. The second-order valence-electron chi connectivity index (χ2n) is 14.5. The Morgan fingerprint density at radius 3 is 2.60 bits per heavy atom. The van der Waals surface area contributed by atoms with Crippen molar-refractivity contribution in [2.75, 3.05) is 34.2 Å². The fourth-order valence-corrected chi connectivity index (χ4v) is 5.69. The van der Waals surface area contributed by atoms with E-state index in [2.05, 4.69) is 39.5 Å². The second-order valence-corrected chi connectivity index (χ2v) is 14.5. The number of hydrogen-bond donors (Lipinski definition) is 4. The van der Waals surface area contributed by atoms with Crippen LogP contribution in [0, 0.1) is 17.8 Å². The van der Waals surface area contributed by atoms with Gasteiger partial charge in [-0.1, -0.05) is 52.0 Å². The Labute approximate surface area is 271 Å². The summed E-state index contributed by atoms with van der Waals surface area (Å²) < 4.78 is 18.2. The zero-order valence-corrected chi connectivity index (χ0v) is 29.1. The molecule has 2 aliphatic rings. The molecule has 10 atom stereocenters. The van der Waals surface area contributed by atoms with Crippen LogP contribution in [0.2, 0.25) is 0 Å². The van der Waals surface area contributed by atoms with Gasteiger partial charge in [0.15, 0.2) is 6.10 Å². The summed E-state index contributed by atoms with van der Waals surface area (Å²) in [5, 5.41) is 34.7. The van der Waals surface area contributed by atoms with E-state index in [9.17, 15) is 24.9 Å². The molecule has 4 N–H and O–H groups in total. The molecule has 1 saturated heterocycles. The molecule has 2 rings (SSSR count). The summed E-state index contributed by atoms with van der Waals surface area (Å²) >= 11 is 0. The number of epoxide rings is 1. The largest absolute Gasteiger partial charge is 0.457 e. The lowest BCUT2D eigenvalue weighted by Crippen LogP contribution is -2.44. The minimum atomic E-state index is -1.46. The smallest absolute Gasteiger partial charge is 0.407 e. The van der Waals surface area contributed by atoms with Gasteiger partial charge in [0.05, 0.1) is 58.5 Å². The molecule has 0 bridgehead atoms. The van der Waals surface area contributed by atoms with Crippen molar-refractivity contribution in [1.82, 2.24) is 5.32 Å². The number of amides is 1. The van der Waals surface area contributed by atoms with Crippen LogP contribution >= 0.6 is 0 Å². The number of carbonyl (C=O) groups excluding carboxylic acids is 2. The summed E-state index contributed by atoms with van der Waals surface area (Å²) in [6.45, 7) is 12.8. The van der Waals surface area contributed by atoms with Gasteiger partial charge >= 0.3 is 12.1 Å². The molecule has 0 spiro atoms. The monoisotopic (exact) mass is 637 g/mol. The molecular formula is C35H61N2O8+. The van der Waals surface area contributed by atoms with Gasteiger partial charge < -0.3 is 39.3 Å². The van der Waals surface area contributed by atoms with Crippen LogP contribution < -0.4 is 5.32 Å². The third kappa shape index (κ3) is 14.0. The Bertz CT molecular complexity index is 1030. The van der Waals surface area contributed by atoms with Crippen LogP contribution in [-0.4, -0.2) is 108 Å². The number of allylic oxidation sites excluding steroid dienone is 3. The SMILES string of the molecule is CC[C@H](O)[C@@H](C)[C@H]1O[C@@H]1C[C@H](C)/C=C/C=C(\C)[C@H]1OC(=O)C[C@H](O)CC[C@@](C)(O)[C@@H](OC(=O)NCCC[N+](C)(C)C)/C=C/[C@@H]1C. The number of nitrogens with one attached hydrogen (secondary N) is 1. The summed E-state index contributed by atoms with van der Waals surface area (Å²) in [7, 11) is 6.25. The van der Waals surface area contributed by atoms with E-state index in [4.69, 9.17) is 14.2 Å². The Balaban J connectivity index is 2.12. The number of esters is 1. The first-order chi connectivity index (χ1) is 20.9. The quantitative estimate of drug-likeness (QED) is 0.0587. The van der Waals surface area contributed by atoms with E-state index >= 15 is 0 Å². The minimum absolute atomic E-state index is 0.0964. The number of hydrogen-bond acceptors (Lipinski definition) is 8. The van der Waals surface area contributed by atoms with E-state index in [1.54, 1.807) is 19.1 Å². The predicted octanol–water partition coefficient (Wildman–Crippen LogP) is 4.28. The Morgan fingerprint density at radius 2 is 1.96 bits per heavy atom. The highest BCUT2D eigenvalue weighted by molar-refractivity contribution is 5.70. The zero-order chi connectivity index (χ0) is 33.9. The number of alkyl carbamates (subject to hydrolysis) is 1. The predicted molar refractivity (Wildman–Crippen MR) is 175 cm³/mol. The van der Waals surface area contributed by atoms with Gasteiger partial charge in [-0.3, -0.25) is 4.79 Å². The lowest BCUT2D eigenvalue weighted by Gasteiger charge is -2.32. The Hall–Kier alpha value is -2.24. The summed E-state index contributed by atoms with van der Waals surface area (Å²) in [5.41, 5.74) is -0.648. The van der Waals surface area contributed by atoms with Crippen molar-refractivity contribution in [2.45, 2.75) is 122 Å². The standard InChI is InChI=1S/C35H60N2O8/c1-10-28(39)26(5)33-29(43-33)21-23(2)13-11-14-24(3)32-25(4)15-16-30(44-34(41)36-19-12-20-37(7,8)9)35(6,42)18-17-27(38)22-31(40)45-32/h11,13-16,23,25-30,32-33,38-39,42H,10,12,17-22H2,1-9H3/p+1/b13-11+,16-15+,24-14+/t23-,25+,26-,27-,28+,29-,30+,32-,33-,35-/m1/s1. The highest BCUT2D eigenvalue weighted by Gasteiger charge is 2.45. The molecule has 45 heavy (non-hydrogen) atoms. The van der Waals surface area contributed by atoms with Gasteiger partial charge in [0.2, 0.25) is 0 Å². The van der Waals surface area contributed by atoms with E-state index < -0.39 is 36.0 Å². The molecule has 0 aliphatic carbocycles. The molecule has 10 nitrogen and oxygen atoms in total. The lowest BCUT2D eigenvalue weighted by molar-refractivity contribution is -0.870. The van der Waals surface area contributed by atoms with Crippen LogP contribution in [0.1, 0.15) is 80.1 Å². The normalized spacial score (nSPS) is 32.9. The highest BCUT2D eigenvalue weighted by atomic mass is 16.6. The number of quaternary nitrogens is 1. The van der Waals surface area contributed by atoms with Crippen molar-refractivity contribution in [3.05, 3.63) is 36.0 Å². The summed E-state index contributed by atoms with van der Waals surface area (Å²) in [6.07, 6.45) is 8.50. The van der Waals surface area contributed by atoms with Gasteiger partial charge in [-0.05, 0) is 57.1 Å². The van der Waals surface area contributed by atoms with Crippen LogP contribution in [-0.2, 0) is 19.0 Å². The van der Waals surface area contributed by atoms with E-state index in [1.807, 2.05) is 39.8 Å². The Kier molecular flexibility index (Phi) is 15.2. The third-order valence-electron chi connectivity index (χ3n) is 8.85. The Morgan fingerprint density at radius 1 is 1.27 bits per heavy atom. The summed E-state index contributed by atoms with van der Waals surface area (Å²) in [5.74, 6) is -0.461. The van der Waals surface area contributed by atoms with Crippen LogP contribution in [0.15, 0.2) is 36.0 Å². The molecule has 10 heteroatoms. The first-order valence-electron chi connectivity index (χ1n) is 16.6. The van der Waals surface area contributed by atoms with Gasteiger partial charge in [0.1, 0.15) is 11.7 Å². The first-order valence-corrected chi connectivity index (χ1v) is 16.6. The molecule has 0 aromatic rings. The van der Waals surface area contributed by atoms with Crippen LogP contribution in [0.5, 0.6) is 0 Å². The van der Waals surface area contributed by atoms with Crippen molar-refractivity contribution in [3.8, 4) is 0 Å². The topological polar surface area (TPSA) is 138 Å². The maximum Gasteiger partial charge on any atom is 0.407 e. The van der Waals surface area contributed by atoms with Gasteiger partial charge in [-0.15, -0.1) is 0 Å². The third-order valence-corrected chi connectivity index (χ3v) is 8.85. The van der Waals surface area contributed by atoms with Gasteiger partial charge in [0, 0.05) is 24.8 Å². The van der Waals surface area contributed by atoms with Crippen molar-refractivity contribution < 1.29 is 43.6 Å². The number of aliphatic hydroxyl groups is 3. The number of carbonyl (C=O) groups is 2. The van der Waals surface area contributed by atoms with Crippen LogP contribution in [0.25, 0.3) is 0 Å². The molecule has 0 aromatic carbocycles. The van der Waals surface area contributed by atoms with Crippen molar-refractivity contribution >= 4 is 12.1 Å². The molecule has 0 saturated carbocycles. The van der Waals surface area contributed by atoms with Crippen LogP contribution in [0.4, 0.5) is 4.79 Å². The molecule has 2 heterocycles. The molecule has 0 aromatic heterocycles. The van der Waals surface area contributed by atoms with Gasteiger partial charge in [0.25, 0.3) is 0 Å². The number of aliphatic hydroxyl groups excluding tert-OH is 2. The first kappa shape index (κ1) is 38.9. The lowest BCUT2D eigenvalue weighted by atomic mass is 9.88. The fraction of sp³-hybridized carbons (Fsp3) is 0.771.